The molecule has 0 bridgehead atoms. The molecule has 1 aromatic rings. The number of Topliss-reactive ketones (excluding diaryl/α,β-unsaturated/α-hetero) is 1. The third-order valence-electron chi connectivity index (χ3n) is 6.90. The number of ether oxygens (including phenoxy) is 1. The van der Waals surface area contributed by atoms with Crippen LogP contribution in [0.5, 0.6) is 0 Å². The molecule has 4 atom stereocenters. The highest BCUT2D eigenvalue weighted by Gasteiger charge is 2.36. The van der Waals surface area contributed by atoms with Gasteiger partial charge in [-0.05, 0) is 43.2 Å². The number of rotatable bonds is 13. The topological polar surface area (TPSA) is 91.4 Å². The summed E-state index contributed by atoms with van der Waals surface area (Å²) in [7, 11) is 0. The van der Waals surface area contributed by atoms with Gasteiger partial charge in [0.1, 0.15) is 6.61 Å². The lowest BCUT2D eigenvalue weighted by molar-refractivity contribution is -0.0521. The molecule has 0 fully saturated rings. The molecule has 4 unspecified atom stereocenters. The van der Waals surface area contributed by atoms with Crippen LogP contribution >= 0.6 is 0 Å². The number of aliphatic hydroxyl groups excluding tert-OH is 1. The van der Waals surface area contributed by atoms with Crippen LogP contribution in [0.25, 0.3) is 0 Å². The number of hydrogen-bond acceptors (Lipinski definition) is 5. The van der Waals surface area contributed by atoms with Crippen LogP contribution in [0.15, 0.2) is 40.7 Å². The smallest absolute Gasteiger partial charge is 0.292 e. The zero-order valence-electron chi connectivity index (χ0n) is 20.7. The van der Waals surface area contributed by atoms with E-state index >= 15 is 0 Å². The monoisotopic (exact) mass is 492 g/mol. The van der Waals surface area contributed by atoms with Crippen LogP contribution in [0, 0.1) is 11.8 Å². The number of pyridine rings is 1. The summed E-state index contributed by atoms with van der Waals surface area (Å²) >= 11 is 0. The van der Waals surface area contributed by atoms with E-state index in [1.165, 1.54) is 12.1 Å². The predicted molar refractivity (Wildman–Crippen MR) is 132 cm³/mol. The Balaban J connectivity index is 1.28. The number of fused-ring (bicyclic) bond motifs is 1. The first kappa shape index (κ1) is 27.4. The van der Waals surface area contributed by atoms with Gasteiger partial charge in [-0.3, -0.25) is 9.59 Å². The number of allylic oxidation sites excluding steroid dienone is 3. The fourth-order valence-electron chi connectivity index (χ4n) is 5.00. The Hall–Kier alpha value is -2.16. The van der Waals surface area contributed by atoms with Gasteiger partial charge in [0.15, 0.2) is 5.78 Å². The minimum atomic E-state index is -2.91. The second kappa shape index (κ2) is 12.7. The molecular formula is C27H38F2N2O4. The van der Waals surface area contributed by atoms with Gasteiger partial charge in [0, 0.05) is 37.1 Å². The van der Waals surface area contributed by atoms with E-state index in [4.69, 9.17) is 4.74 Å². The third kappa shape index (κ3) is 7.66. The van der Waals surface area contributed by atoms with E-state index in [1.807, 2.05) is 19.9 Å². The predicted octanol–water partition coefficient (Wildman–Crippen LogP) is 4.37. The van der Waals surface area contributed by atoms with E-state index in [1.54, 1.807) is 12.1 Å². The lowest BCUT2D eigenvalue weighted by atomic mass is 9.74. The van der Waals surface area contributed by atoms with Crippen molar-refractivity contribution in [1.29, 1.82) is 0 Å². The Labute approximate surface area is 205 Å². The first-order valence-corrected chi connectivity index (χ1v) is 12.7. The molecule has 3 N–H and O–H groups in total. The van der Waals surface area contributed by atoms with Crippen molar-refractivity contribution in [2.24, 2.45) is 11.8 Å². The second-order valence-corrected chi connectivity index (χ2v) is 9.98. The first-order chi connectivity index (χ1) is 16.7. The van der Waals surface area contributed by atoms with Crippen molar-refractivity contribution in [3.63, 3.8) is 0 Å². The van der Waals surface area contributed by atoms with E-state index < -0.39 is 18.6 Å². The quantitative estimate of drug-likeness (QED) is 0.356. The minimum absolute atomic E-state index is 0.0145. The summed E-state index contributed by atoms with van der Waals surface area (Å²) < 4.78 is 33.8. The summed E-state index contributed by atoms with van der Waals surface area (Å²) in [5.41, 5.74) is 0.859. The Morgan fingerprint density at radius 2 is 1.94 bits per heavy atom. The summed E-state index contributed by atoms with van der Waals surface area (Å²) in [6.07, 6.45) is 8.60. The van der Waals surface area contributed by atoms with Gasteiger partial charge in [0.2, 0.25) is 5.56 Å². The van der Waals surface area contributed by atoms with E-state index in [0.717, 1.165) is 32.2 Å². The largest absolute Gasteiger partial charge is 0.391 e. The maximum Gasteiger partial charge on any atom is 0.292 e. The number of unbranched alkanes of at least 4 members (excludes halogenated alkanes) is 3. The molecule has 0 aliphatic heterocycles. The van der Waals surface area contributed by atoms with Crippen molar-refractivity contribution in [2.45, 2.75) is 70.3 Å². The van der Waals surface area contributed by atoms with Crippen molar-refractivity contribution in [3.8, 4) is 0 Å². The Morgan fingerprint density at radius 1 is 1.17 bits per heavy atom. The number of carbonyl (C=O) groups is 1. The number of H-pyrrole nitrogens is 1. The number of ketones is 1. The molecule has 0 saturated heterocycles. The third-order valence-corrected chi connectivity index (χ3v) is 6.90. The van der Waals surface area contributed by atoms with Crippen LogP contribution in [0.2, 0.25) is 0 Å². The number of hydrogen-bond donors (Lipinski definition) is 3. The average Bonchev–Trinajstić information content (AvgIpc) is 2.80. The van der Waals surface area contributed by atoms with Crippen molar-refractivity contribution in [3.05, 3.63) is 57.5 Å². The van der Waals surface area contributed by atoms with Crippen LogP contribution in [0.1, 0.15) is 74.3 Å². The highest BCUT2D eigenvalue weighted by molar-refractivity contribution is 5.97. The maximum absolute atomic E-state index is 14.3. The normalized spacial score (nSPS) is 23.2. The van der Waals surface area contributed by atoms with Gasteiger partial charge >= 0.3 is 0 Å². The molecule has 0 aromatic carbocycles. The zero-order valence-corrected chi connectivity index (χ0v) is 20.7. The molecule has 35 heavy (non-hydrogen) atoms. The van der Waals surface area contributed by atoms with Gasteiger partial charge in [0.25, 0.3) is 5.92 Å². The van der Waals surface area contributed by atoms with Gasteiger partial charge in [-0.1, -0.05) is 51.0 Å². The van der Waals surface area contributed by atoms with Gasteiger partial charge in [-0.15, -0.1) is 0 Å². The fourth-order valence-corrected chi connectivity index (χ4v) is 5.00. The standard InChI is InChI=1S/C27H38F2N2O4/c1-18-8-7-9-20(14-18)27(28,29)17-35-13-6-4-3-5-12-30-16-23(33)25-19(2)15-22(32)26-21(25)10-11-24(34)31-26/h7-11,18-19,23,25,30,33H,3-6,12-17H2,1-2H3,(H,31,34). The highest BCUT2D eigenvalue weighted by atomic mass is 19.3. The average molecular weight is 493 g/mol. The van der Waals surface area contributed by atoms with Gasteiger partial charge in [-0.2, -0.15) is 8.78 Å². The summed E-state index contributed by atoms with van der Waals surface area (Å²) in [4.78, 5) is 26.5. The molecule has 0 amide bonds. The molecule has 194 valence electrons. The summed E-state index contributed by atoms with van der Waals surface area (Å²) in [6.45, 7) is 4.75. The molecule has 1 heterocycles. The number of nitrogens with one attached hydrogen (secondary N) is 2. The molecule has 0 radical (unpaired) electrons. The van der Waals surface area contributed by atoms with Crippen molar-refractivity contribution in [2.75, 3.05) is 26.3 Å². The Morgan fingerprint density at radius 3 is 2.71 bits per heavy atom. The van der Waals surface area contributed by atoms with Crippen LogP contribution in [0.3, 0.4) is 0 Å². The summed E-state index contributed by atoms with van der Waals surface area (Å²) in [5, 5.41) is 14.0. The Kier molecular flexibility index (Phi) is 9.95. The van der Waals surface area contributed by atoms with Crippen molar-refractivity contribution < 1.29 is 23.4 Å². The molecular weight excluding hydrogens is 454 g/mol. The van der Waals surface area contributed by atoms with Crippen LogP contribution < -0.4 is 10.9 Å². The molecule has 2 aliphatic rings. The molecule has 6 nitrogen and oxygen atoms in total. The van der Waals surface area contributed by atoms with E-state index in [-0.39, 0.29) is 34.7 Å². The van der Waals surface area contributed by atoms with Gasteiger partial charge < -0.3 is 20.1 Å². The molecule has 0 spiro atoms. The molecule has 8 heteroatoms. The second-order valence-electron chi connectivity index (χ2n) is 9.98. The summed E-state index contributed by atoms with van der Waals surface area (Å²) in [5.74, 6) is -3.10. The summed E-state index contributed by atoms with van der Waals surface area (Å²) in [6, 6.07) is 3.05. The van der Waals surface area contributed by atoms with E-state index in [9.17, 15) is 23.5 Å². The van der Waals surface area contributed by atoms with Gasteiger partial charge in [-0.25, -0.2) is 0 Å². The lowest BCUT2D eigenvalue weighted by Crippen LogP contribution is -2.39. The van der Waals surface area contributed by atoms with Gasteiger partial charge in [0.05, 0.1) is 11.8 Å². The van der Waals surface area contributed by atoms with Crippen molar-refractivity contribution in [1.82, 2.24) is 10.3 Å². The number of aromatic nitrogens is 1. The van der Waals surface area contributed by atoms with Crippen LogP contribution in [-0.4, -0.2) is 54.2 Å². The van der Waals surface area contributed by atoms with Crippen LogP contribution in [0.4, 0.5) is 8.78 Å². The first-order valence-electron chi connectivity index (χ1n) is 12.7. The van der Waals surface area contributed by atoms with E-state index in [2.05, 4.69) is 10.3 Å². The number of carbonyl (C=O) groups excluding carboxylic acids is 1. The number of halogens is 2. The zero-order chi connectivity index (χ0) is 25.4. The van der Waals surface area contributed by atoms with Crippen LogP contribution in [-0.2, 0) is 4.74 Å². The SMILES string of the molecule is CC1C=CC=C(C(F)(F)COCCCCCCNCC(O)C2c3ccc(=O)[nH]c3C(=O)CC2C)C1. The number of aromatic amines is 1. The lowest BCUT2D eigenvalue weighted by Gasteiger charge is -2.33. The number of alkyl halides is 2. The Bertz CT molecular complexity index is 972. The molecule has 2 aliphatic carbocycles. The number of aliphatic hydroxyl groups is 1. The maximum atomic E-state index is 14.3. The molecule has 3 rings (SSSR count). The highest BCUT2D eigenvalue weighted by Crippen LogP contribution is 2.37. The molecule has 0 saturated carbocycles. The minimum Gasteiger partial charge on any atom is -0.391 e. The fraction of sp³-hybridized carbons (Fsp3) is 0.630. The van der Waals surface area contributed by atoms with E-state index in [0.29, 0.717) is 37.3 Å². The molecule has 1 aromatic heterocycles. The van der Waals surface area contributed by atoms with Crippen molar-refractivity contribution >= 4 is 5.78 Å².